The van der Waals surface area contributed by atoms with E-state index in [0.29, 0.717) is 0 Å². The SMILES string of the molecule is CCCCCNCCC1CCC(C)CC1. The van der Waals surface area contributed by atoms with Gasteiger partial charge in [0.25, 0.3) is 0 Å². The fourth-order valence-electron chi connectivity index (χ4n) is 2.55. The van der Waals surface area contributed by atoms with Crippen molar-refractivity contribution in [3.63, 3.8) is 0 Å². The number of rotatable bonds is 7. The highest BCUT2D eigenvalue weighted by Crippen LogP contribution is 2.29. The summed E-state index contributed by atoms with van der Waals surface area (Å²) in [6, 6.07) is 0. The molecular formula is C14H29N. The lowest BCUT2D eigenvalue weighted by Gasteiger charge is -2.26. The van der Waals surface area contributed by atoms with E-state index in [0.717, 1.165) is 11.8 Å². The normalized spacial score (nSPS) is 26.8. The Hall–Kier alpha value is -0.0400. The van der Waals surface area contributed by atoms with Crippen LogP contribution < -0.4 is 5.32 Å². The number of hydrogen-bond acceptors (Lipinski definition) is 1. The van der Waals surface area contributed by atoms with Gasteiger partial charge >= 0.3 is 0 Å². The van der Waals surface area contributed by atoms with Crippen molar-refractivity contribution in [3.05, 3.63) is 0 Å². The summed E-state index contributed by atoms with van der Waals surface area (Å²) in [5.41, 5.74) is 0. The summed E-state index contributed by atoms with van der Waals surface area (Å²) in [7, 11) is 0. The molecule has 0 heterocycles. The lowest BCUT2D eigenvalue weighted by molar-refractivity contribution is 0.275. The van der Waals surface area contributed by atoms with Crippen molar-refractivity contribution in [3.8, 4) is 0 Å². The lowest BCUT2D eigenvalue weighted by atomic mass is 9.81. The van der Waals surface area contributed by atoms with E-state index in [2.05, 4.69) is 19.2 Å². The molecule has 1 rings (SSSR count). The van der Waals surface area contributed by atoms with Gasteiger partial charge in [-0.05, 0) is 37.8 Å². The summed E-state index contributed by atoms with van der Waals surface area (Å²) in [5, 5.41) is 3.58. The number of nitrogens with one attached hydrogen (secondary N) is 1. The van der Waals surface area contributed by atoms with Crippen molar-refractivity contribution in [1.82, 2.24) is 5.32 Å². The maximum Gasteiger partial charge on any atom is -0.00463 e. The van der Waals surface area contributed by atoms with Gasteiger partial charge in [0.05, 0.1) is 0 Å². The molecule has 1 heteroatoms. The molecule has 0 aromatic carbocycles. The van der Waals surface area contributed by atoms with Crippen molar-refractivity contribution in [2.75, 3.05) is 13.1 Å². The Balaban J connectivity index is 1.87. The van der Waals surface area contributed by atoms with Gasteiger partial charge in [0.15, 0.2) is 0 Å². The number of unbranched alkanes of at least 4 members (excludes halogenated alkanes) is 2. The molecule has 0 aromatic rings. The molecule has 0 atom stereocenters. The van der Waals surface area contributed by atoms with Gasteiger partial charge in [0.1, 0.15) is 0 Å². The summed E-state index contributed by atoms with van der Waals surface area (Å²) in [6.07, 6.45) is 11.4. The summed E-state index contributed by atoms with van der Waals surface area (Å²) in [4.78, 5) is 0. The molecule has 0 spiro atoms. The van der Waals surface area contributed by atoms with Crippen LogP contribution in [0.2, 0.25) is 0 Å². The molecule has 1 aliphatic rings. The van der Waals surface area contributed by atoms with Gasteiger partial charge in [-0.1, -0.05) is 52.4 Å². The minimum absolute atomic E-state index is 0.999. The predicted molar refractivity (Wildman–Crippen MR) is 68.1 cm³/mol. The minimum Gasteiger partial charge on any atom is -0.317 e. The van der Waals surface area contributed by atoms with Crippen LogP contribution >= 0.6 is 0 Å². The maximum atomic E-state index is 3.58. The van der Waals surface area contributed by atoms with Crippen LogP contribution in [-0.2, 0) is 0 Å². The molecule has 1 fully saturated rings. The summed E-state index contributed by atoms with van der Waals surface area (Å²) < 4.78 is 0. The molecule has 0 radical (unpaired) electrons. The van der Waals surface area contributed by atoms with Crippen LogP contribution in [0, 0.1) is 11.8 Å². The largest absolute Gasteiger partial charge is 0.317 e. The van der Waals surface area contributed by atoms with Crippen molar-refractivity contribution in [1.29, 1.82) is 0 Å². The molecule has 0 amide bonds. The highest BCUT2D eigenvalue weighted by molar-refractivity contribution is 4.70. The average Bonchev–Trinajstić information content (AvgIpc) is 2.26. The zero-order valence-corrected chi connectivity index (χ0v) is 10.7. The van der Waals surface area contributed by atoms with E-state index in [1.807, 2.05) is 0 Å². The van der Waals surface area contributed by atoms with Crippen LogP contribution in [0.1, 0.15) is 65.2 Å². The van der Waals surface area contributed by atoms with Gasteiger partial charge in [-0.15, -0.1) is 0 Å². The third-order valence-corrected chi connectivity index (χ3v) is 3.82. The highest BCUT2D eigenvalue weighted by Gasteiger charge is 2.17. The molecule has 0 aliphatic heterocycles. The summed E-state index contributed by atoms with van der Waals surface area (Å²) >= 11 is 0. The Kier molecular flexibility index (Phi) is 7.08. The molecule has 1 aliphatic carbocycles. The molecule has 15 heavy (non-hydrogen) atoms. The first-order valence-electron chi connectivity index (χ1n) is 7.03. The third kappa shape index (κ3) is 6.19. The smallest absolute Gasteiger partial charge is 0.00463 e. The van der Waals surface area contributed by atoms with Crippen LogP contribution in [0.25, 0.3) is 0 Å². The van der Waals surface area contributed by atoms with Gasteiger partial charge in [0.2, 0.25) is 0 Å². The predicted octanol–water partition coefficient (Wildman–Crippen LogP) is 3.98. The maximum absolute atomic E-state index is 3.58. The van der Waals surface area contributed by atoms with Crippen LogP contribution in [0.15, 0.2) is 0 Å². The number of hydrogen-bond donors (Lipinski definition) is 1. The zero-order chi connectivity index (χ0) is 10.9. The van der Waals surface area contributed by atoms with Crippen molar-refractivity contribution >= 4 is 0 Å². The molecule has 1 saturated carbocycles. The van der Waals surface area contributed by atoms with E-state index in [1.54, 1.807) is 0 Å². The summed E-state index contributed by atoms with van der Waals surface area (Å²) in [6.45, 7) is 7.15. The standard InChI is InChI=1S/C14H29N/c1-3-4-5-11-15-12-10-14-8-6-13(2)7-9-14/h13-15H,3-12H2,1-2H3. The Morgan fingerprint density at radius 3 is 2.40 bits per heavy atom. The van der Waals surface area contributed by atoms with Crippen molar-refractivity contribution in [2.24, 2.45) is 11.8 Å². The van der Waals surface area contributed by atoms with Gasteiger partial charge in [-0.25, -0.2) is 0 Å². The van der Waals surface area contributed by atoms with E-state index in [1.165, 1.54) is 64.5 Å². The second kappa shape index (κ2) is 8.15. The molecule has 1 nitrogen and oxygen atoms in total. The topological polar surface area (TPSA) is 12.0 Å². The van der Waals surface area contributed by atoms with Crippen LogP contribution in [-0.4, -0.2) is 13.1 Å². The molecular weight excluding hydrogens is 182 g/mol. The first-order chi connectivity index (χ1) is 7.33. The fourth-order valence-corrected chi connectivity index (χ4v) is 2.55. The molecule has 90 valence electrons. The molecule has 0 unspecified atom stereocenters. The van der Waals surface area contributed by atoms with Gasteiger partial charge in [-0.2, -0.15) is 0 Å². The van der Waals surface area contributed by atoms with Crippen LogP contribution in [0.3, 0.4) is 0 Å². The lowest BCUT2D eigenvalue weighted by Crippen LogP contribution is -2.21. The minimum atomic E-state index is 0.999. The average molecular weight is 211 g/mol. The van der Waals surface area contributed by atoms with E-state index in [4.69, 9.17) is 0 Å². The van der Waals surface area contributed by atoms with E-state index in [-0.39, 0.29) is 0 Å². The fraction of sp³-hybridized carbons (Fsp3) is 1.00. The zero-order valence-electron chi connectivity index (χ0n) is 10.7. The molecule has 0 saturated heterocycles. The Labute approximate surface area is 96.0 Å². The Morgan fingerprint density at radius 1 is 1.00 bits per heavy atom. The van der Waals surface area contributed by atoms with Gasteiger partial charge in [0, 0.05) is 0 Å². The van der Waals surface area contributed by atoms with Crippen LogP contribution in [0.4, 0.5) is 0 Å². The Morgan fingerprint density at radius 2 is 1.73 bits per heavy atom. The first kappa shape index (κ1) is 13.0. The summed E-state index contributed by atoms with van der Waals surface area (Å²) in [5.74, 6) is 2.03. The molecule has 0 bridgehead atoms. The molecule has 0 aromatic heterocycles. The van der Waals surface area contributed by atoms with E-state index in [9.17, 15) is 0 Å². The van der Waals surface area contributed by atoms with Crippen LogP contribution in [0.5, 0.6) is 0 Å². The highest BCUT2D eigenvalue weighted by atomic mass is 14.8. The monoisotopic (exact) mass is 211 g/mol. The second-order valence-corrected chi connectivity index (χ2v) is 5.37. The van der Waals surface area contributed by atoms with E-state index < -0.39 is 0 Å². The first-order valence-corrected chi connectivity index (χ1v) is 7.03. The molecule has 1 N–H and O–H groups in total. The van der Waals surface area contributed by atoms with Crippen molar-refractivity contribution in [2.45, 2.75) is 65.2 Å². The van der Waals surface area contributed by atoms with E-state index >= 15 is 0 Å². The second-order valence-electron chi connectivity index (χ2n) is 5.37. The quantitative estimate of drug-likeness (QED) is 0.628. The Bertz CT molecular complexity index is 136. The third-order valence-electron chi connectivity index (χ3n) is 3.82. The van der Waals surface area contributed by atoms with Gasteiger partial charge < -0.3 is 5.32 Å². The van der Waals surface area contributed by atoms with Gasteiger partial charge in [-0.3, -0.25) is 0 Å². The van der Waals surface area contributed by atoms with Crippen molar-refractivity contribution < 1.29 is 0 Å².